The number of piperazine rings is 1. The third-order valence-corrected chi connectivity index (χ3v) is 5.00. The van der Waals surface area contributed by atoms with Gasteiger partial charge in [0, 0.05) is 49.4 Å². The molecule has 2 aromatic carbocycles. The molecule has 146 valence electrons. The number of rotatable bonds is 4. The van der Waals surface area contributed by atoms with Crippen LogP contribution in [0.5, 0.6) is 0 Å². The Morgan fingerprint density at radius 1 is 0.821 bits per heavy atom. The molecule has 2 aromatic rings. The van der Waals surface area contributed by atoms with Crippen LogP contribution in [0.3, 0.4) is 0 Å². The molecule has 0 saturated carbocycles. The number of hydrogen-bond donors (Lipinski definition) is 0. The molecule has 28 heavy (non-hydrogen) atoms. The lowest BCUT2D eigenvalue weighted by atomic mass is 10.0. The largest absolute Gasteiger partial charge is 0.335 e. The zero-order valence-corrected chi connectivity index (χ0v) is 16.0. The average molecular weight is 381 g/mol. The van der Waals surface area contributed by atoms with E-state index in [0.29, 0.717) is 43.2 Å². The fourth-order valence-electron chi connectivity index (χ4n) is 3.21. The topological polar surface area (TPSA) is 83.8 Å². The second kappa shape index (κ2) is 8.21. The molecule has 1 heterocycles. The van der Waals surface area contributed by atoms with Gasteiger partial charge in [0.15, 0.2) is 0 Å². The van der Waals surface area contributed by atoms with Crippen molar-refractivity contribution >= 4 is 17.5 Å². The number of amides is 2. The van der Waals surface area contributed by atoms with Gasteiger partial charge in [0.1, 0.15) is 0 Å². The summed E-state index contributed by atoms with van der Waals surface area (Å²) >= 11 is 0. The number of hydrogen-bond acceptors (Lipinski definition) is 4. The predicted octanol–water partition coefficient (Wildman–Crippen LogP) is 3.32. The summed E-state index contributed by atoms with van der Waals surface area (Å²) < 4.78 is 0. The zero-order valence-electron chi connectivity index (χ0n) is 16.0. The van der Waals surface area contributed by atoms with Crippen LogP contribution >= 0.6 is 0 Å². The van der Waals surface area contributed by atoms with Crippen molar-refractivity contribution < 1.29 is 14.5 Å². The van der Waals surface area contributed by atoms with Gasteiger partial charge in [-0.3, -0.25) is 19.7 Å². The number of nitro benzene ring substituents is 1. The van der Waals surface area contributed by atoms with Crippen LogP contribution in [0, 0.1) is 10.1 Å². The van der Waals surface area contributed by atoms with E-state index < -0.39 is 4.92 Å². The van der Waals surface area contributed by atoms with Crippen molar-refractivity contribution in [2.24, 2.45) is 0 Å². The van der Waals surface area contributed by atoms with Gasteiger partial charge in [-0.2, -0.15) is 0 Å². The summed E-state index contributed by atoms with van der Waals surface area (Å²) in [6, 6.07) is 13.3. The zero-order chi connectivity index (χ0) is 20.3. The van der Waals surface area contributed by atoms with E-state index >= 15 is 0 Å². The Balaban J connectivity index is 1.59. The molecule has 2 amide bonds. The van der Waals surface area contributed by atoms with Crippen LogP contribution in [-0.4, -0.2) is 52.7 Å². The highest BCUT2D eigenvalue weighted by Crippen LogP contribution is 2.18. The summed E-state index contributed by atoms with van der Waals surface area (Å²) in [6.07, 6.45) is 0. The van der Waals surface area contributed by atoms with Crippen LogP contribution in [-0.2, 0) is 0 Å². The molecule has 0 N–H and O–H groups in total. The monoisotopic (exact) mass is 381 g/mol. The Morgan fingerprint density at radius 3 is 1.57 bits per heavy atom. The molecule has 1 aliphatic heterocycles. The second-order valence-electron chi connectivity index (χ2n) is 7.17. The normalized spacial score (nSPS) is 14.2. The van der Waals surface area contributed by atoms with Crippen molar-refractivity contribution in [3.8, 4) is 0 Å². The number of carbonyl (C=O) groups excluding carboxylic acids is 2. The lowest BCUT2D eigenvalue weighted by Crippen LogP contribution is -2.50. The summed E-state index contributed by atoms with van der Waals surface area (Å²) in [5.74, 6) is 0.208. The second-order valence-corrected chi connectivity index (χ2v) is 7.17. The highest BCUT2D eigenvalue weighted by Gasteiger charge is 2.25. The van der Waals surface area contributed by atoms with Gasteiger partial charge in [0.25, 0.3) is 17.5 Å². The first-order valence-corrected chi connectivity index (χ1v) is 9.30. The third kappa shape index (κ3) is 4.19. The van der Waals surface area contributed by atoms with Gasteiger partial charge in [-0.1, -0.05) is 26.0 Å². The molecule has 1 fully saturated rings. The SMILES string of the molecule is CC(C)c1ccc(C(=O)N2CCN(C(=O)c3ccc([N+](=O)[O-])cc3)CC2)cc1. The molecule has 0 bridgehead atoms. The van der Waals surface area contributed by atoms with Crippen molar-refractivity contribution in [3.63, 3.8) is 0 Å². The lowest BCUT2D eigenvalue weighted by molar-refractivity contribution is -0.384. The van der Waals surface area contributed by atoms with Crippen LogP contribution in [0.15, 0.2) is 48.5 Å². The molecule has 0 radical (unpaired) electrons. The summed E-state index contributed by atoms with van der Waals surface area (Å²) in [6.45, 7) is 6.01. The highest BCUT2D eigenvalue weighted by molar-refractivity contribution is 5.96. The Hall–Kier alpha value is -3.22. The minimum atomic E-state index is -0.494. The molecule has 0 atom stereocenters. The number of nitro groups is 1. The average Bonchev–Trinajstić information content (AvgIpc) is 2.73. The summed E-state index contributed by atoms with van der Waals surface area (Å²) in [7, 11) is 0. The maximum absolute atomic E-state index is 12.7. The van der Waals surface area contributed by atoms with E-state index in [1.165, 1.54) is 29.8 Å². The fraction of sp³-hybridized carbons (Fsp3) is 0.333. The van der Waals surface area contributed by atoms with Gasteiger partial charge in [-0.05, 0) is 35.7 Å². The Morgan fingerprint density at radius 2 is 1.21 bits per heavy atom. The van der Waals surface area contributed by atoms with Gasteiger partial charge >= 0.3 is 0 Å². The molecular formula is C21H23N3O4. The van der Waals surface area contributed by atoms with E-state index in [0.717, 1.165) is 0 Å². The van der Waals surface area contributed by atoms with Gasteiger partial charge in [0.2, 0.25) is 0 Å². The molecule has 0 unspecified atom stereocenters. The first-order valence-electron chi connectivity index (χ1n) is 9.30. The molecule has 0 spiro atoms. The summed E-state index contributed by atoms with van der Waals surface area (Å²) in [4.78, 5) is 38.9. The van der Waals surface area contributed by atoms with E-state index in [9.17, 15) is 19.7 Å². The molecule has 0 aromatic heterocycles. The van der Waals surface area contributed by atoms with Crippen molar-refractivity contribution in [2.45, 2.75) is 19.8 Å². The van der Waals surface area contributed by atoms with Gasteiger partial charge < -0.3 is 9.80 Å². The van der Waals surface area contributed by atoms with E-state index in [4.69, 9.17) is 0 Å². The van der Waals surface area contributed by atoms with Crippen molar-refractivity contribution in [2.75, 3.05) is 26.2 Å². The first kappa shape index (κ1) is 19.5. The van der Waals surface area contributed by atoms with Crippen LogP contribution in [0.4, 0.5) is 5.69 Å². The molecule has 7 heteroatoms. The third-order valence-electron chi connectivity index (χ3n) is 5.00. The molecule has 3 rings (SSSR count). The fourth-order valence-corrected chi connectivity index (χ4v) is 3.21. The Labute approximate surface area is 163 Å². The minimum Gasteiger partial charge on any atom is -0.335 e. The number of benzene rings is 2. The predicted molar refractivity (Wildman–Crippen MR) is 105 cm³/mol. The van der Waals surface area contributed by atoms with Crippen molar-refractivity contribution in [1.82, 2.24) is 9.80 Å². The van der Waals surface area contributed by atoms with E-state index in [-0.39, 0.29) is 17.5 Å². The van der Waals surface area contributed by atoms with Crippen LogP contribution < -0.4 is 0 Å². The Bertz CT molecular complexity index is 868. The molecular weight excluding hydrogens is 358 g/mol. The van der Waals surface area contributed by atoms with Crippen molar-refractivity contribution in [3.05, 3.63) is 75.3 Å². The van der Waals surface area contributed by atoms with Crippen LogP contribution in [0.2, 0.25) is 0 Å². The molecule has 0 aliphatic carbocycles. The first-order chi connectivity index (χ1) is 13.4. The smallest absolute Gasteiger partial charge is 0.269 e. The van der Waals surface area contributed by atoms with Crippen LogP contribution in [0.1, 0.15) is 46.0 Å². The quantitative estimate of drug-likeness (QED) is 0.601. The number of non-ortho nitro benzene ring substituents is 1. The summed E-state index contributed by atoms with van der Waals surface area (Å²) in [5, 5.41) is 10.7. The van der Waals surface area contributed by atoms with Crippen molar-refractivity contribution in [1.29, 1.82) is 0 Å². The van der Waals surface area contributed by atoms with Gasteiger partial charge in [-0.25, -0.2) is 0 Å². The van der Waals surface area contributed by atoms with Gasteiger partial charge in [-0.15, -0.1) is 0 Å². The number of nitrogens with zero attached hydrogens (tertiary/aromatic N) is 3. The van der Waals surface area contributed by atoms with Gasteiger partial charge in [0.05, 0.1) is 4.92 Å². The molecule has 1 saturated heterocycles. The highest BCUT2D eigenvalue weighted by atomic mass is 16.6. The van der Waals surface area contributed by atoms with E-state index in [1.54, 1.807) is 9.80 Å². The van der Waals surface area contributed by atoms with E-state index in [1.807, 2.05) is 24.3 Å². The van der Waals surface area contributed by atoms with Crippen LogP contribution in [0.25, 0.3) is 0 Å². The van der Waals surface area contributed by atoms with E-state index in [2.05, 4.69) is 13.8 Å². The standard InChI is InChI=1S/C21H23N3O4/c1-15(2)16-3-5-17(6-4-16)20(25)22-11-13-23(14-12-22)21(26)18-7-9-19(10-8-18)24(27)28/h3-10,15H,11-14H2,1-2H3. The molecule has 7 nitrogen and oxygen atoms in total. The minimum absolute atomic E-state index is 0.0299. The molecule has 1 aliphatic rings. The Kier molecular flexibility index (Phi) is 5.73. The lowest BCUT2D eigenvalue weighted by Gasteiger charge is -2.35. The summed E-state index contributed by atoms with van der Waals surface area (Å²) in [5.41, 5.74) is 2.21. The maximum atomic E-state index is 12.7. The maximum Gasteiger partial charge on any atom is 0.269 e. The number of carbonyl (C=O) groups is 2.